The third-order valence-corrected chi connectivity index (χ3v) is 3.89. The number of halogens is 1. The average Bonchev–Trinajstić information content (AvgIpc) is 2.43. The second-order valence-corrected chi connectivity index (χ2v) is 5.24. The molecule has 2 N–H and O–H groups in total. The zero-order valence-electron chi connectivity index (χ0n) is 11.7. The molecule has 0 atom stereocenters. The van der Waals surface area contributed by atoms with E-state index in [0.717, 1.165) is 51.3 Å². The standard InChI is InChI=1S/C15H24FN3/c1-2-19(15-5-3-13(16)4-6-15)12-11-18-9-7-14(17)8-10-18/h3-6,14H,2,7-12,17H2,1H3. The molecule has 0 aromatic heterocycles. The van der Waals surface area contributed by atoms with Crippen molar-refractivity contribution in [1.29, 1.82) is 0 Å². The van der Waals surface area contributed by atoms with Crippen molar-refractivity contribution in [1.82, 2.24) is 4.90 Å². The van der Waals surface area contributed by atoms with E-state index in [0.29, 0.717) is 6.04 Å². The van der Waals surface area contributed by atoms with Crippen LogP contribution < -0.4 is 10.6 Å². The van der Waals surface area contributed by atoms with Gasteiger partial charge in [0.05, 0.1) is 0 Å². The Balaban J connectivity index is 1.84. The summed E-state index contributed by atoms with van der Waals surface area (Å²) in [6.07, 6.45) is 2.20. The van der Waals surface area contributed by atoms with Crippen molar-refractivity contribution in [2.75, 3.05) is 37.6 Å². The molecule has 1 saturated heterocycles. The summed E-state index contributed by atoms with van der Waals surface area (Å²) < 4.78 is 12.9. The quantitative estimate of drug-likeness (QED) is 0.884. The molecule has 4 heteroatoms. The van der Waals surface area contributed by atoms with Crippen LogP contribution in [0.4, 0.5) is 10.1 Å². The number of piperidine rings is 1. The van der Waals surface area contributed by atoms with Gasteiger partial charge in [-0.2, -0.15) is 0 Å². The van der Waals surface area contributed by atoms with Gasteiger partial charge in [-0.25, -0.2) is 4.39 Å². The lowest BCUT2D eigenvalue weighted by Gasteiger charge is -2.32. The van der Waals surface area contributed by atoms with Gasteiger partial charge in [0.25, 0.3) is 0 Å². The maximum absolute atomic E-state index is 12.9. The minimum absolute atomic E-state index is 0.176. The molecule has 2 rings (SSSR count). The summed E-state index contributed by atoms with van der Waals surface area (Å²) in [5.41, 5.74) is 7.01. The highest BCUT2D eigenvalue weighted by molar-refractivity contribution is 5.46. The van der Waals surface area contributed by atoms with E-state index in [4.69, 9.17) is 5.73 Å². The molecule has 0 aliphatic carbocycles. The fourth-order valence-electron chi connectivity index (χ4n) is 2.56. The molecule has 1 aliphatic rings. The first-order valence-corrected chi connectivity index (χ1v) is 7.17. The van der Waals surface area contributed by atoms with Crippen molar-refractivity contribution in [3.63, 3.8) is 0 Å². The first-order valence-electron chi connectivity index (χ1n) is 7.17. The van der Waals surface area contributed by atoms with Gasteiger partial charge in [-0.15, -0.1) is 0 Å². The predicted molar refractivity (Wildman–Crippen MR) is 77.9 cm³/mol. The minimum atomic E-state index is -0.176. The molecule has 106 valence electrons. The van der Waals surface area contributed by atoms with E-state index < -0.39 is 0 Å². The lowest BCUT2D eigenvalue weighted by molar-refractivity contribution is 0.217. The van der Waals surface area contributed by atoms with Crippen LogP contribution in [-0.4, -0.2) is 43.7 Å². The summed E-state index contributed by atoms with van der Waals surface area (Å²) in [4.78, 5) is 4.75. The van der Waals surface area contributed by atoms with Crippen LogP contribution in [0.1, 0.15) is 19.8 Å². The van der Waals surface area contributed by atoms with Gasteiger partial charge in [0, 0.05) is 31.4 Å². The number of hydrogen-bond acceptors (Lipinski definition) is 3. The fourth-order valence-corrected chi connectivity index (χ4v) is 2.56. The molecule has 0 spiro atoms. The normalized spacial score (nSPS) is 17.6. The van der Waals surface area contributed by atoms with E-state index >= 15 is 0 Å². The highest BCUT2D eigenvalue weighted by Gasteiger charge is 2.16. The van der Waals surface area contributed by atoms with E-state index in [1.165, 1.54) is 12.1 Å². The van der Waals surface area contributed by atoms with Crippen molar-refractivity contribution < 1.29 is 4.39 Å². The van der Waals surface area contributed by atoms with Crippen molar-refractivity contribution in [3.8, 4) is 0 Å². The Labute approximate surface area is 115 Å². The molecule has 1 aromatic carbocycles. The lowest BCUT2D eigenvalue weighted by Crippen LogP contribution is -2.43. The van der Waals surface area contributed by atoms with Crippen LogP contribution in [0.2, 0.25) is 0 Å². The second-order valence-electron chi connectivity index (χ2n) is 5.24. The summed E-state index contributed by atoms with van der Waals surface area (Å²) in [7, 11) is 0. The zero-order valence-corrected chi connectivity index (χ0v) is 11.7. The minimum Gasteiger partial charge on any atom is -0.371 e. The van der Waals surface area contributed by atoms with E-state index in [-0.39, 0.29) is 5.82 Å². The monoisotopic (exact) mass is 265 g/mol. The van der Waals surface area contributed by atoms with Gasteiger partial charge < -0.3 is 15.5 Å². The van der Waals surface area contributed by atoms with Gasteiger partial charge >= 0.3 is 0 Å². The average molecular weight is 265 g/mol. The predicted octanol–water partition coefficient (Wildman–Crippen LogP) is 2.08. The number of anilines is 1. The summed E-state index contributed by atoms with van der Waals surface area (Å²) >= 11 is 0. The molecule has 0 unspecified atom stereocenters. The molecule has 1 heterocycles. The number of nitrogens with zero attached hydrogens (tertiary/aromatic N) is 2. The molecular formula is C15H24FN3. The van der Waals surface area contributed by atoms with Crippen LogP contribution >= 0.6 is 0 Å². The number of likely N-dealkylation sites (tertiary alicyclic amines) is 1. The first-order chi connectivity index (χ1) is 9.19. The molecule has 19 heavy (non-hydrogen) atoms. The van der Waals surface area contributed by atoms with Gasteiger partial charge in [-0.1, -0.05) is 0 Å². The van der Waals surface area contributed by atoms with Crippen molar-refractivity contribution in [3.05, 3.63) is 30.1 Å². The number of likely N-dealkylation sites (N-methyl/N-ethyl adjacent to an activating group) is 1. The number of benzene rings is 1. The summed E-state index contributed by atoms with van der Waals surface area (Å²) in [6, 6.07) is 7.14. The zero-order chi connectivity index (χ0) is 13.7. The highest BCUT2D eigenvalue weighted by Crippen LogP contribution is 2.15. The molecular weight excluding hydrogens is 241 g/mol. The van der Waals surface area contributed by atoms with Crippen LogP contribution in [0.3, 0.4) is 0 Å². The fraction of sp³-hybridized carbons (Fsp3) is 0.600. The topological polar surface area (TPSA) is 32.5 Å². The van der Waals surface area contributed by atoms with Crippen LogP contribution in [0.5, 0.6) is 0 Å². The van der Waals surface area contributed by atoms with E-state index in [2.05, 4.69) is 16.7 Å². The third kappa shape index (κ3) is 4.18. The molecule has 0 radical (unpaired) electrons. The van der Waals surface area contributed by atoms with E-state index in [9.17, 15) is 4.39 Å². The van der Waals surface area contributed by atoms with Crippen molar-refractivity contribution in [2.45, 2.75) is 25.8 Å². The SMILES string of the molecule is CCN(CCN1CCC(N)CC1)c1ccc(F)cc1. The molecule has 1 aliphatic heterocycles. The number of nitrogens with two attached hydrogens (primary N) is 1. The van der Waals surface area contributed by atoms with Crippen LogP contribution in [0.15, 0.2) is 24.3 Å². The molecule has 1 fully saturated rings. The Morgan fingerprint density at radius 2 is 1.89 bits per heavy atom. The molecule has 3 nitrogen and oxygen atoms in total. The Bertz CT molecular complexity index is 371. The van der Waals surface area contributed by atoms with Crippen molar-refractivity contribution in [2.24, 2.45) is 5.73 Å². The Kier molecular flexibility index (Phi) is 5.16. The van der Waals surface area contributed by atoms with Crippen LogP contribution in [-0.2, 0) is 0 Å². The van der Waals surface area contributed by atoms with Gasteiger partial charge in [0.15, 0.2) is 0 Å². The molecule has 0 amide bonds. The smallest absolute Gasteiger partial charge is 0.123 e. The summed E-state index contributed by atoms with van der Waals surface area (Å²) in [5, 5.41) is 0. The van der Waals surface area contributed by atoms with Gasteiger partial charge in [-0.3, -0.25) is 0 Å². The molecule has 0 saturated carbocycles. The molecule has 0 bridgehead atoms. The maximum Gasteiger partial charge on any atom is 0.123 e. The largest absolute Gasteiger partial charge is 0.371 e. The van der Waals surface area contributed by atoms with Gasteiger partial charge in [0.1, 0.15) is 5.82 Å². The summed E-state index contributed by atoms with van der Waals surface area (Å²) in [5.74, 6) is -0.176. The van der Waals surface area contributed by atoms with Gasteiger partial charge in [0.2, 0.25) is 0 Å². The second kappa shape index (κ2) is 6.87. The van der Waals surface area contributed by atoms with Crippen molar-refractivity contribution >= 4 is 5.69 Å². The van der Waals surface area contributed by atoms with Crippen LogP contribution in [0, 0.1) is 5.82 Å². The maximum atomic E-state index is 12.9. The third-order valence-electron chi connectivity index (χ3n) is 3.89. The molecule has 1 aromatic rings. The Morgan fingerprint density at radius 1 is 1.26 bits per heavy atom. The highest BCUT2D eigenvalue weighted by atomic mass is 19.1. The Morgan fingerprint density at radius 3 is 2.47 bits per heavy atom. The van der Waals surface area contributed by atoms with Gasteiger partial charge in [-0.05, 0) is 57.1 Å². The van der Waals surface area contributed by atoms with E-state index in [1.807, 2.05) is 12.1 Å². The summed E-state index contributed by atoms with van der Waals surface area (Å²) in [6.45, 7) is 7.31. The number of rotatable bonds is 5. The Hall–Kier alpha value is -1.13. The van der Waals surface area contributed by atoms with E-state index in [1.54, 1.807) is 0 Å². The first kappa shape index (κ1) is 14.3. The number of hydrogen-bond donors (Lipinski definition) is 1. The van der Waals surface area contributed by atoms with Crippen LogP contribution in [0.25, 0.3) is 0 Å². The lowest BCUT2D eigenvalue weighted by atomic mass is 10.1.